The van der Waals surface area contributed by atoms with Gasteiger partial charge < -0.3 is 0 Å². The molecule has 2 aromatic rings. The summed E-state index contributed by atoms with van der Waals surface area (Å²) in [5.41, 5.74) is -3.87. The zero-order chi connectivity index (χ0) is 14.3. The molecule has 0 atom stereocenters. The minimum Gasteiger partial charge on any atom is -0.278 e. The zero-order valence-electron chi connectivity index (χ0n) is 9.00. The fraction of sp³-hybridized carbons (Fsp3) is 0.200. The third kappa shape index (κ3) is 2.54. The molecule has 2 aromatic heterocycles. The molecule has 0 unspecified atom stereocenters. The minimum absolute atomic E-state index is 0.267. The van der Waals surface area contributed by atoms with Gasteiger partial charge in [-0.1, -0.05) is 6.07 Å². The van der Waals surface area contributed by atoms with Gasteiger partial charge in [-0.25, -0.2) is 9.97 Å². The Kier molecular flexibility index (Phi) is 2.99. The molecule has 0 N–H and O–H groups in total. The summed E-state index contributed by atoms with van der Waals surface area (Å²) in [7, 11) is 0. The third-order valence-electron chi connectivity index (χ3n) is 2.20. The maximum atomic E-state index is 12.8. The lowest BCUT2D eigenvalue weighted by Gasteiger charge is -2.13. The SMILES string of the molecule is FC(F)(F)c1ncn(-c2ccccn2)c1C(F)(F)F. The van der Waals surface area contributed by atoms with Crippen LogP contribution in [-0.2, 0) is 12.4 Å². The van der Waals surface area contributed by atoms with Crippen LogP contribution < -0.4 is 0 Å². The number of halogens is 6. The number of imidazole rings is 1. The van der Waals surface area contributed by atoms with Gasteiger partial charge in [-0.3, -0.25) is 4.57 Å². The first kappa shape index (κ1) is 13.4. The first-order valence-corrected chi connectivity index (χ1v) is 4.84. The predicted octanol–water partition coefficient (Wildman–Crippen LogP) is 3.30. The molecule has 2 heterocycles. The molecule has 102 valence electrons. The van der Waals surface area contributed by atoms with Crippen molar-refractivity contribution in [3.63, 3.8) is 0 Å². The van der Waals surface area contributed by atoms with E-state index in [9.17, 15) is 26.3 Å². The molecule has 2 rings (SSSR count). The van der Waals surface area contributed by atoms with Crippen LogP contribution in [0.1, 0.15) is 11.4 Å². The van der Waals surface area contributed by atoms with Crippen LogP contribution in [0.25, 0.3) is 5.82 Å². The highest BCUT2D eigenvalue weighted by Gasteiger charge is 2.48. The van der Waals surface area contributed by atoms with Crippen molar-refractivity contribution < 1.29 is 26.3 Å². The van der Waals surface area contributed by atoms with Gasteiger partial charge in [-0.05, 0) is 12.1 Å². The van der Waals surface area contributed by atoms with Gasteiger partial charge in [0.2, 0.25) is 0 Å². The van der Waals surface area contributed by atoms with Crippen molar-refractivity contribution in [3.8, 4) is 5.82 Å². The van der Waals surface area contributed by atoms with Gasteiger partial charge >= 0.3 is 12.4 Å². The van der Waals surface area contributed by atoms with Crippen LogP contribution >= 0.6 is 0 Å². The van der Waals surface area contributed by atoms with E-state index in [1.165, 1.54) is 18.3 Å². The Morgan fingerprint density at radius 3 is 2.05 bits per heavy atom. The van der Waals surface area contributed by atoms with Crippen molar-refractivity contribution in [2.75, 3.05) is 0 Å². The highest BCUT2D eigenvalue weighted by molar-refractivity contribution is 5.31. The number of rotatable bonds is 1. The van der Waals surface area contributed by atoms with Crippen molar-refractivity contribution in [3.05, 3.63) is 42.1 Å². The van der Waals surface area contributed by atoms with Crippen LogP contribution in [0.3, 0.4) is 0 Å². The van der Waals surface area contributed by atoms with Crippen LogP contribution in [0.15, 0.2) is 30.7 Å². The topological polar surface area (TPSA) is 30.7 Å². The second-order valence-corrected chi connectivity index (χ2v) is 3.50. The van der Waals surface area contributed by atoms with Gasteiger partial charge in [0.05, 0.1) is 0 Å². The summed E-state index contributed by atoms with van der Waals surface area (Å²) < 4.78 is 76.1. The molecule has 0 saturated carbocycles. The van der Waals surface area contributed by atoms with Gasteiger partial charge in [0, 0.05) is 6.20 Å². The minimum atomic E-state index is -5.20. The molecule has 0 fully saturated rings. The maximum Gasteiger partial charge on any atom is 0.435 e. The summed E-state index contributed by atoms with van der Waals surface area (Å²) in [6, 6.07) is 3.94. The Morgan fingerprint density at radius 1 is 0.895 bits per heavy atom. The summed E-state index contributed by atoms with van der Waals surface area (Å²) in [5.74, 6) is -0.294. The lowest BCUT2D eigenvalue weighted by atomic mass is 10.3. The Morgan fingerprint density at radius 2 is 1.58 bits per heavy atom. The van der Waals surface area contributed by atoms with Crippen LogP contribution in [0.2, 0.25) is 0 Å². The van der Waals surface area contributed by atoms with Crippen LogP contribution in [0.5, 0.6) is 0 Å². The summed E-state index contributed by atoms with van der Waals surface area (Å²) in [4.78, 5) is 6.38. The molecule has 0 aliphatic carbocycles. The van der Waals surface area contributed by atoms with Crippen molar-refractivity contribution in [2.45, 2.75) is 12.4 Å². The normalized spacial score (nSPS) is 12.7. The largest absolute Gasteiger partial charge is 0.435 e. The molecule has 0 radical (unpaired) electrons. The van der Waals surface area contributed by atoms with Crippen molar-refractivity contribution in [1.29, 1.82) is 0 Å². The van der Waals surface area contributed by atoms with Crippen LogP contribution in [0.4, 0.5) is 26.3 Å². The maximum absolute atomic E-state index is 12.8. The number of nitrogens with zero attached hydrogens (tertiary/aromatic N) is 3. The second-order valence-electron chi connectivity index (χ2n) is 3.50. The van der Waals surface area contributed by atoms with Crippen molar-refractivity contribution >= 4 is 0 Å². The van der Waals surface area contributed by atoms with E-state index in [4.69, 9.17) is 0 Å². The van der Waals surface area contributed by atoms with Gasteiger partial charge in [0.25, 0.3) is 0 Å². The molecule has 0 saturated heterocycles. The first-order chi connectivity index (χ1) is 8.71. The van der Waals surface area contributed by atoms with E-state index in [0.29, 0.717) is 6.33 Å². The van der Waals surface area contributed by atoms with Gasteiger partial charge in [0.15, 0.2) is 11.4 Å². The quantitative estimate of drug-likeness (QED) is 0.751. The van der Waals surface area contributed by atoms with E-state index in [2.05, 4.69) is 9.97 Å². The van der Waals surface area contributed by atoms with Crippen molar-refractivity contribution in [2.24, 2.45) is 0 Å². The number of hydrogen-bond acceptors (Lipinski definition) is 2. The molecule has 3 nitrogen and oxygen atoms in total. The first-order valence-electron chi connectivity index (χ1n) is 4.84. The number of hydrogen-bond donors (Lipinski definition) is 0. The Hall–Kier alpha value is -2.06. The molecule has 0 amide bonds. The van der Waals surface area contributed by atoms with E-state index in [1.807, 2.05) is 0 Å². The van der Waals surface area contributed by atoms with Gasteiger partial charge in [-0.2, -0.15) is 26.3 Å². The number of pyridine rings is 1. The van der Waals surface area contributed by atoms with E-state index in [1.54, 1.807) is 0 Å². The fourth-order valence-corrected chi connectivity index (χ4v) is 1.50. The summed E-state index contributed by atoms with van der Waals surface area (Å²) >= 11 is 0. The monoisotopic (exact) mass is 281 g/mol. The summed E-state index contributed by atoms with van der Waals surface area (Å²) in [5, 5.41) is 0. The highest BCUT2D eigenvalue weighted by Crippen LogP contribution is 2.40. The second kappa shape index (κ2) is 4.25. The summed E-state index contributed by atoms with van der Waals surface area (Å²) in [6.07, 6.45) is -8.76. The van der Waals surface area contributed by atoms with E-state index in [-0.39, 0.29) is 10.4 Å². The lowest BCUT2D eigenvalue weighted by molar-refractivity contribution is -0.166. The van der Waals surface area contributed by atoms with E-state index < -0.39 is 23.7 Å². The highest BCUT2D eigenvalue weighted by atomic mass is 19.4. The summed E-state index contributed by atoms with van der Waals surface area (Å²) in [6.45, 7) is 0. The zero-order valence-corrected chi connectivity index (χ0v) is 9.00. The Labute approximate surface area is 102 Å². The third-order valence-corrected chi connectivity index (χ3v) is 2.20. The van der Waals surface area contributed by atoms with E-state index in [0.717, 1.165) is 6.07 Å². The smallest absolute Gasteiger partial charge is 0.278 e. The lowest BCUT2D eigenvalue weighted by Crippen LogP contribution is -2.19. The molecular formula is C10H5F6N3. The molecular weight excluding hydrogens is 276 g/mol. The van der Waals surface area contributed by atoms with Crippen molar-refractivity contribution in [1.82, 2.24) is 14.5 Å². The van der Waals surface area contributed by atoms with Crippen LogP contribution in [0, 0.1) is 0 Å². The number of aromatic nitrogens is 3. The molecule has 19 heavy (non-hydrogen) atoms. The Bertz CT molecular complexity index is 569. The standard InChI is InChI=1S/C10H5F6N3/c11-9(12,13)7-8(10(14,15)16)19(5-18-7)6-3-1-2-4-17-6/h1-5H. The van der Waals surface area contributed by atoms with Gasteiger partial charge in [0.1, 0.15) is 12.1 Å². The molecule has 0 aliphatic rings. The molecule has 0 spiro atoms. The Balaban J connectivity index is 2.68. The average Bonchev–Trinajstić information content (AvgIpc) is 2.74. The van der Waals surface area contributed by atoms with Crippen LogP contribution in [-0.4, -0.2) is 14.5 Å². The van der Waals surface area contributed by atoms with E-state index >= 15 is 0 Å². The molecule has 0 bridgehead atoms. The molecule has 9 heteroatoms. The molecule has 0 aromatic carbocycles. The molecule has 0 aliphatic heterocycles. The average molecular weight is 281 g/mol. The fourth-order valence-electron chi connectivity index (χ4n) is 1.50. The predicted molar refractivity (Wildman–Crippen MR) is 51.4 cm³/mol. The van der Waals surface area contributed by atoms with Gasteiger partial charge in [-0.15, -0.1) is 0 Å². The number of alkyl halides is 6.